The molecule has 0 spiro atoms. The van der Waals surface area contributed by atoms with E-state index in [-0.39, 0.29) is 11.1 Å². The molecule has 0 radical (unpaired) electrons. The first-order valence-corrected chi connectivity index (χ1v) is 6.44. The second-order valence-corrected chi connectivity index (χ2v) is 4.49. The van der Waals surface area contributed by atoms with Gasteiger partial charge in [-0.25, -0.2) is 9.59 Å². The van der Waals surface area contributed by atoms with Gasteiger partial charge in [0.05, 0.1) is 18.2 Å². The number of methoxy groups -OCH3 is 1. The summed E-state index contributed by atoms with van der Waals surface area (Å²) in [4.78, 5) is 22.7. The summed E-state index contributed by atoms with van der Waals surface area (Å²) in [6.07, 6.45) is 1.35. The van der Waals surface area contributed by atoms with Crippen LogP contribution in [-0.2, 0) is 4.79 Å². The molecular formula is C17H14O5. The molecule has 2 aromatic carbocycles. The van der Waals surface area contributed by atoms with Crippen LogP contribution in [0, 0.1) is 0 Å². The molecule has 2 N–H and O–H groups in total. The smallest absolute Gasteiger partial charge is 0.336 e. The topological polar surface area (TPSA) is 83.8 Å². The number of rotatable bonds is 5. The highest BCUT2D eigenvalue weighted by Gasteiger charge is 2.14. The van der Waals surface area contributed by atoms with Crippen molar-refractivity contribution in [3.8, 4) is 5.75 Å². The summed E-state index contributed by atoms with van der Waals surface area (Å²) in [7, 11) is 1.49. The number of carbonyl (C=O) groups is 2. The van der Waals surface area contributed by atoms with Crippen LogP contribution in [0.3, 0.4) is 0 Å². The Hall–Kier alpha value is -3.08. The van der Waals surface area contributed by atoms with Gasteiger partial charge in [0.25, 0.3) is 0 Å². The van der Waals surface area contributed by atoms with Gasteiger partial charge in [-0.3, -0.25) is 0 Å². The fourth-order valence-corrected chi connectivity index (χ4v) is 2.03. The van der Waals surface area contributed by atoms with Gasteiger partial charge in [-0.15, -0.1) is 0 Å². The van der Waals surface area contributed by atoms with Crippen molar-refractivity contribution in [2.45, 2.75) is 0 Å². The van der Waals surface area contributed by atoms with Crippen molar-refractivity contribution in [2.75, 3.05) is 7.11 Å². The van der Waals surface area contributed by atoms with Gasteiger partial charge in [0.1, 0.15) is 5.75 Å². The average Bonchev–Trinajstić information content (AvgIpc) is 2.52. The van der Waals surface area contributed by atoms with E-state index in [1.165, 1.54) is 19.3 Å². The molecule has 0 aromatic heterocycles. The van der Waals surface area contributed by atoms with Crippen LogP contribution >= 0.6 is 0 Å². The van der Waals surface area contributed by atoms with Gasteiger partial charge in [-0.1, -0.05) is 30.3 Å². The van der Waals surface area contributed by atoms with E-state index >= 15 is 0 Å². The molecule has 0 aliphatic carbocycles. The normalized spacial score (nSPS) is 11.0. The lowest BCUT2D eigenvalue weighted by molar-refractivity contribution is -0.130. The minimum Gasteiger partial charge on any atom is -0.497 e. The molecule has 112 valence electrons. The summed E-state index contributed by atoms with van der Waals surface area (Å²) in [6, 6.07) is 12.8. The van der Waals surface area contributed by atoms with E-state index in [1.807, 2.05) is 0 Å². The predicted octanol–water partition coefficient (Wildman–Crippen LogP) is 3.02. The summed E-state index contributed by atoms with van der Waals surface area (Å²) < 4.78 is 5.08. The molecule has 0 unspecified atom stereocenters. The zero-order chi connectivity index (χ0) is 16.1. The van der Waals surface area contributed by atoms with E-state index in [1.54, 1.807) is 42.5 Å². The van der Waals surface area contributed by atoms with Gasteiger partial charge in [-0.05, 0) is 35.4 Å². The first kappa shape index (κ1) is 15.3. The summed E-state index contributed by atoms with van der Waals surface area (Å²) in [5, 5.41) is 18.6. The van der Waals surface area contributed by atoms with Gasteiger partial charge < -0.3 is 14.9 Å². The average molecular weight is 298 g/mol. The Labute approximate surface area is 127 Å². The Morgan fingerprint density at radius 1 is 1.05 bits per heavy atom. The molecule has 0 saturated heterocycles. The second kappa shape index (κ2) is 6.58. The summed E-state index contributed by atoms with van der Waals surface area (Å²) in [5.74, 6) is -1.73. The van der Waals surface area contributed by atoms with E-state index in [9.17, 15) is 19.8 Å². The molecule has 0 heterocycles. The van der Waals surface area contributed by atoms with E-state index in [2.05, 4.69) is 0 Å². The van der Waals surface area contributed by atoms with Gasteiger partial charge in [0.2, 0.25) is 0 Å². The number of carboxylic acids is 2. The third-order valence-corrected chi connectivity index (χ3v) is 3.10. The Kier molecular flexibility index (Phi) is 4.58. The molecule has 0 bridgehead atoms. The monoisotopic (exact) mass is 298 g/mol. The lowest BCUT2D eigenvalue weighted by atomic mass is 10.00. The van der Waals surface area contributed by atoms with E-state index < -0.39 is 11.9 Å². The van der Waals surface area contributed by atoms with Crippen LogP contribution in [0.2, 0.25) is 0 Å². The molecule has 0 aliphatic heterocycles. The molecule has 0 atom stereocenters. The summed E-state index contributed by atoms with van der Waals surface area (Å²) in [5.41, 5.74) is 0.805. The maximum absolute atomic E-state index is 11.5. The number of aliphatic carboxylic acids is 1. The van der Waals surface area contributed by atoms with E-state index in [4.69, 9.17) is 4.74 Å². The second-order valence-electron chi connectivity index (χ2n) is 4.49. The number of benzene rings is 2. The molecule has 2 rings (SSSR count). The molecule has 0 saturated carbocycles. The van der Waals surface area contributed by atoms with Crippen molar-refractivity contribution >= 4 is 23.6 Å². The number of carboxylic acid groups (broad SMARTS) is 2. The van der Waals surface area contributed by atoms with Crippen LogP contribution in [0.15, 0.2) is 48.5 Å². The molecule has 5 heteroatoms. The van der Waals surface area contributed by atoms with Crippen molar-refractivity contribution in [1.82, 2.24) is 0 Å². The molecule has 0 amide bonds. The number of aromatic carboxylic acids is 1. The maximum Gasteiger partial charge on any atom is 0.336 e. The van der Waals surface area contributed by atoms with Crippen LogP contribution in [0.4, 0.5) is 0 Å². The molecule has 0 fully saturated rings. The quantitative estimate of drug-likeness (QED) is 0.655. The van der Waals surface area contributed by atoms with Crippen LogP contribution in [-0.4, -0.2) is 29.3 Å². The first-order chi connectivity index (χ1) is 10.5. The number of hydrogen-bond donors (Lipinski definition) is 2. The first-order valence-electron chi connectivity index (χ1n) is 6.44. The Morgan fingerprint density at radius 2 is 1.77 bits per heavy atom. The van der Waals surface area contributed by atoms with Gasteiger partial charge >= 0.3 is 11.9 Å². The van der Waals surface area contributed by atoms with Crippen molar-refractivity contribution < 1.29 is 24.5 Å². The SMILES string of the molecule is COc1cccc(/C(=C/c2ccccc2C(=O)O)C(=O)O)c1. The van der Waals surface area contributed by atoms with E-state index in [0.29, 0.717) is 16.9 Å². The highest BCUT2D eigenvalue weighted by Crippen LogP contribution is 2.24. The molecule has 0 aliphatic rings. The zero-order valence-corrected chi connectivity index (χ0v) is 11.8. The fraction of sp³-hybridized carbons (Fsp3) is 0.0588. The summed E-state index contributed by atoms with van der Waals surface area (Å²) in [6.45, 7) is 0. The fourth-order valence-electron chi connectivity index (χ4n) is 2.03. The predicted molar refractivity (Wildman–Crippen MR) is 81.9 cm³/mol. The minimum atomic E-state index is -1.14. The number of ether oxygens (including phenoxy) is 1. The zero-order valence-electron chi connectivity index (χ0n) is 11.8. The van der Waals surface area contributed by atoms with Gasteiger partial charge in [-0.2, -0.15) is 0 Å². The van der Waals surface area contributed by atoms with E-state index in [0.717, 1.165) is 0 Å². The van der Waals surface area contributed by atoms with Crippen LogP contribution < -0.4 is 4.74 Å². The minimum absolute atomic E-state index is 0.00685. The molecule has 22 heavy (non-hydrogen) atoms. The van der Waals surface area contributed by atoms with Gasteiger partial charge in [0, 0.05) is 0 Å². The van der Waals surface area contributed by atoms with Crippen LogP contribution in [0.1, 0.15) is 21.5 Å². The van der Waals surface area contributed by atoms with Crippen molar-refractivity contribution in [2.24, 2.45) is 0 Å². The summed E-state index contributed by atoms with van der Waals surface area (Å²) >= 11 is 0. The Balaban J connectivity index is 2.57. The maximum atomic E-state index is 11.5. The largest absolute Gasteiger partial charge is 0.497 e. The molecular weight excluding hydrogens is 284 g/mol. The third-order valence-electron chi connectivity index (χ3n) is 3.10. The molecule has 5 nitrogen and oxygen atoms in total. The standard InChI is InChI=1S/C17H14O5/c1-22-13-7-4-6-11(9-13)15(17(20)21)10-12-5-2-3-8-14(12)16(18)19/h2-10H,1H3,(H,18,19)(H,20,21)/b15-10-. The highest BCUT2D eigenvalue weighted by molar-refractivity contribution is 6.21. The Bertz CT molecular complexity index is 746. The molecule has 2 aromatic rings. The highest BCUT2D eigenvalue weighted by atomic mass is 16.5. The van der Waals surface area contributed by atoms with Crippen LogP contribution in [0.5, 0.6) is 5.75 Å². The Morgan fingerprint density at radius 3 is 2.41 bits per heavy atom. The van der Waals surface area contributed by atoms with Crippen molar-refractivity contribution in [1.29, 1.82) is 0 Å². The van der Waals surface area contributed by atoms with Gasteiger partial charge in [0.15, 0.2) is 0 Å². The lowest BCUT2D eigenvalue weighted by Crippen LogP contribution is -2.03. The lowest BCUT2D eigenvalue weighted by Gasteiger charge is -2.07. The number of hydrogen-bond acceptors (Lipinski definition) is 3. The van der Waals surface area contributed by atoms with Crippen molar-refractivity contribution in [3.63, 3.8) is 0 Å². The van der Waals surface area contributed by atoms with Crippen molar-refractivity contribution in [3.05, 3.63) is 65.2 Å². The third kappa shape index (κ3) is 3.32. The van der Waals surface area contributed by atoms with Crippen LogP contribution in [0.25, 0.3) is 11.6 Å².